The Bertz CT molecular complexity index is 314. The van der Waals surface area contributed by atoms with Crippen molar-refractivity contribution in [3.05, 3.63) is 10.8 Å². The van der Waals surface area contributed by atoms with E-state index in [0.717, 1.165) is 29.2 Å². The molecule has 0 atom stereocenters. The molecule has 4 nitrogen and oxygen atoms in total. The molecule has 1 aromatic heterocycles. The predicted molar refractivity (Wildman–Crippen MR) is 66.7 cm³/mol. The van der Waals surface area contributed by atoms with Crippen LogP contribution in [0.15, 0.2) is 10.8 Å². The Hall–Kier alpha value is -0.840. The van der Waals surface area contributed by atoms with Gasteiger partial charge in [0.25, 0.3) is 0 Å². The summed E-state index contributed by atoms with van der Waals surface area (Å²) in [6.45, 7) is 5.35. The Balaban J connectivity index is 2.41. The highest BCUT2D eigenvalue weighted by Crippen LogP contribution is 2.23. The molecule has 0 saturated heterocycles. The van der Waals surface area contributed by atoms with Crippen LogP contribution < -0.4 is 11.1 Å². The highest BCUT2D eigenvalue weighted by molar-refractivity contribution is 9.10. The molecule has 0 bridgehead atoms. The molecule has 0 unspecified atom stereocenters. The summed E-state index contributed by atoms with van der Waals surface area (Å²) in [5, 5.41) is 3.23. The van der Waals surface area contributed by atoms with Crippen LogP contribution in [-0.2, 0) is 0 Å². The van der Waals surface area contributed by atoms with Crippen LogP contribution in [0.2, 0.25) is 0 Å². The molecule has 1 aromatic rings. The van der Waals surface area contributed by atoms with Crippen molar-refractivity contribution in [3.8, 4) is 0 Å². The van der Waals surface area contributed by atoms with Crippen LogP contribution in [0.5, 0.6) is 0 Å². The number of anilines is 2. The van der Waals surface area contributed by atoms with Crippen molar-refractivity contribution in [3.63, 3.8) is 0 Å². The van der Waals surface area contributed by atoms with E-state index in [1.165, 1.54) is 12.7 Å². The minimum absolute atomic E-state index is 0.469. The second kappa shape index (κ2) is 5.90. The maximum atomic E-state index is 5.64. The lowest BCUT2D eigenvalue weighted by atomic mass is 10.1. The fourth-order valence-corrected chi connectivity index (χ4v) is 1.57. The van der Waals surface area contributed by atoms with E-state index in [-0.39, 0.29) is 0 Å². The molecule has 15 heavy (non-hydrogen) atoms. The van der Waals surface area contributed by atoms with E-state index in [2.05, 4.69) is 45.1 Å². The van der Waals surface area contributed by atoms with Gasteiger partial charge in [0.2, 0.25) is 0 Å². The van der Waals surface area contributed by atoms with E-state index in [0.29, 0.717) is 5.82 Å². The summed E-state index contributed by atoms with van der Waals surface area (Å²) in [5.41, 5.74) is 5.64. The fourth-order valence-electron chi connectivity index (χ4n) is 1.22. The lowest BCUT2D eigenvalue weighted by Crippen LogP contribution is -2.07. The summed E-state index contributed by atoms with van der Waals surface area (Å²) >= 11 is 3.35. The maximum absolute atomic E-state index is 5.64. The van der Waals surface area contributed by atoms with Gasteiger partial charge in [0.05, 0.1) is 0 Å². The first-order chi connectivity index (χ1) is 7.11. The molecule has 1 rings (SSSR count). The molecule has 84 valence electrons. The van der Waals surface area contributed by atoms with Crippen molar-refractivity contribution in [1.82, 2.24) is 9.97 Å². The molecule has 0 amide bonds. The van der Waals surface area contributed by atoms with Gasteiger partial charge in [-0.05, 0) is 34.7 Å². The van der Waals surface area contributed by atoms with Crippen LogP contribution in [0.25, 0.3) is 0 Å². The molecule has 0 radical (unpaired) electrons. The zero-order valence-electron chi connectivity index (χ0n) is 9.13. The molecule has 0 aliphatic heterocycles. The number of halogens is 1. The Morgan fingerprint density at radius 2 is 2.20 bits per heavy atom. The van der Waals surface area contributed by atoms with Gasteiger partial charge in [-0.1, -0.05) is 13.8 Å². The summed E-state index contributed by atoms with van der Waals surface area (Å²) in [4.78, 5) is 7.98. The summed E-state index contributed by atoms with van der Waals surface area (Å²) in [6, 6.07) is 0. The zero-order valence-corrected chi connectivity index (χ0v) is 10.7. The predicted octanol–water partition coefficient (Wildman–Crippen LogP) is 2.67. The molecular formula is C10H17BrN4. The van der Waals surface area contributed by atoms with Gasteiger partial charge in [0.15, 0.2) is 0 Å². The van der Waals surface area contributed by atoms with E-state index in [4.69, 9.17) is 5.73 Å². The van der Waals surface area contributed by atoms with Gasteiger partial charge in [0, 0.05) is 6.54 Å². The molecule has 0 aromatic carbocycles. The zero-order chi connectivity index (χ0) is 11.3. The Kier molecular flexibility index (Phi) is 4.81. The number of nitrogens with two attached hydrogens (primary N) is 1. The number of nitrogens with zero attached hydrogens (tertiary/aromatic N) is 2. The van der Waals surface area contributed by atoms with E-state index in [1.54, 1.807) is 0 Å². The molecule has 0 aliphatic carbocycles. The highest BCUT2D eigenvalue weighted by Gasteiger charge is 2.04. The van der Waals surface area contributed by atoms with Crippen molar-refractivity contribution >= 4 is 27.6 Å². The second-order valence-corrected chi connectivity index (χ2v) is 4.68. The number of nitrogens with one attached hydrogen (secondary N) is 1. The van der Waals surface area contributed by atoms with Crippen LogP contribution in [0.4, 0.5) is 11.6 Å². The topological polar surface area (TPSA) is 63.8 Å². The third kappa shape index (κ3) is 4.03. The first-order valence-corrected chi connectivity index (χ1v) is 5.90. The summed E-state index contributed by atoms with van der Waals surface area (Å²) in [7, 11) is 0. The van der Waals surface area contributed by atoms with Gasteiger partial charge in [-0.3, -0.25) is 0 Å². The van der Waals surface area contributed by atoms with Crippen molar-refractivity contribution in [2.24, 2.45) is 5.92 Å². The standard InChI is InChI=1S/C10H17BrN4/c1-7(2)4-3-5-13-10-8(11)9(12)14-6-15-10/h6-7H,3-5H2,1-2H3,(H3,12,13,14,15). The van der Waals surface area contributed by atoms with Gasteiger partial charge >= 0.3 is 0 Å². The third-order valence-electron chi connectivity index (χ3n) is 2.07. The van der Waals surface area contributed by atoms with Gasteiger partial charge in [-0.25, -0.2) is 9.97 Å². The first-order valence-electron chi connectivity index (χ1n) is 5.11. The van der Waals surface area contributed by atoms with E-state index in [1.807, 2.05) is 0 Å². The first kappa shape index (κ1) is 12.2. The minimum atomic E-state index is 0.469. The average molecular weight is 273 g/mol. The van der Waals surface area contributed by atoms with Crippen LogP contribution in [0.3, 0.4) is 0 Å². The van der Waals surface area contributed by atoms with E-state index < -0.39 is 0 Å². The van der Waals surface area contributed by atoms with Crippen LogP contribution >= 0.6 is 15.9 Å². The number of aromatic nitrogens is 2. The molecule has 0 fully saturated rings. The minimum Gasteiger partial charge on any atom is -0.383 e. The van der Waals surface area contributed by atoms with Crippen molar-refractivity contribution in [2.45, 2.75) is 26.7 Å². The van der Waals surface area contributed by atoms with Crippen LogP contribution in [0.1, 0.15) is 26.7 Å². The van der Waals surface area contributed by atoms with E-state index in [9.17, 15) is 0 Å². The van der Waals surface area contributed by atoms with Gasteiger partial charge < -0.3 is 11.1 Å². The quantitative estimate of drug-likeness (QED) is 0.809. The maximum Gasteiger partial charge on any atom is 0.145 e. The lowest BCUT2D eigenvalue weighted by Gasteiger charge is -2.09. The monoisotopic (exact) mass is 272 g/mol. The normalized spacial score (nSPS) is 10.7. The van der Waals surface area contributed by atoms with Crippen molar-refractivity contribution in [2.75, 3.05) is 17.6 Å². The molecule has 0 spiro atoms. The Labute approximate surface area is 98.8 Å². The number of nitrogen functional groups attached to an aromatic ring is 1. The highest BCUT2D eigenvalue weighted by atomic mass is 79.9. The molecular weight excluding hydrogens is 256 g/mol. The molecule has 1 heterocycles. The third-order valence-corrected chi connectivity index (χ3v) is 2.85. The van der Waals surface area contributed by atoms with Gasteiger partial charge in [-0.15, -0.1) is 0 Å². The van der Waals surface area contributed by atoms with Gasteiger partial charge in [0.1, 0.15) is 22.4 Å². The summed E-state index contributed by atoms with van der Waals surface area (Å²) in [6.07, 6.45) is 3.81. The second-order valence-electron chi connectivity index (χ2n) is 3.88. The molecule has 3 N–H and O–H groups in total. The van der Waals surface area contributed by atoms with Crippen LogP contribution in [-0.4, -0.2) is 16.5 Å². The number of rotatable bonds is 5. The van der Waals surface area contributed by atoms with Gasteiger partial charge in [-0.2, -0.15) is 0 Å². The molecule has 0 saturated carbocycles. The largest absolute Gasteiger partial charge is 0.383 e. The lowest BCUT2D eigenvalue weighted by molar-refractivity contribution is 0.566. The average Bonchev–Trinajstić information content (AvgIpc) is 2.18. The number of hydrogen-bond acceptors (Lipinski definition) is 4. The van der Waals surface area contributed by atoms with E-state index >= 15 is 0 Å². The fraction of sp³-hybridized carbons (Fsp3) is 0.600. The number of hydrogen-bond donors (Lipinski definition) is 2. The Morgan fingerprint density at radius 3 is 2.87 bits per heavy atom. The van der Waals surface area contributed by atoms with Crippen molar-refractivity contribution in [1.29, 1.82) is 0 Å². The molecule has 0 aliphatic rings. The molecule has 5 heteroatoms. The summed E-state index contributed by atoms with van der Waals surface area (Å²) in [5.74, 6) is 1.98. The Morgan fingerprint density at radius 1 is 1.47 bits per heavy atom. The summed E-state index contributed by atoms with van der Waals surface area (Å²) < 4.78 is 0.745. The smallest absolute Gasteiger partial charge is 0.145 e. The SMILES string of the molecule is CC(C)CCCNc1ncnc(N)c1Br. The van der Waals surface area contributed by atoms with Crippen molar-refractivity contribution < 1.29 is 0 Å². The van der Waals surface area contributed by atoms with Crippen LogP contribution in [0, 0.1) is 5.92 Å².